The smallest absolute Gasteiger partial charge is 0.0642 e. The van der Waals surface area contributed by atoms with Gasteiger partial charge in [0, 0.05) is 37.9 Å². The largest absolute Gasteiger partial charge is 0.378 e. The highest BCUT2D eigenvalue weighted by atomic mass is 16.5. The van der Waals surface area contributed by atoms with Gasteiger partial charge in [0.25, 0.3) is 0 Å². The summed E-state index contributed by atoms with van der Waals surface area (Å²) in [5.41, 5.74) is 2.69. The van der Waals surface area contributed by atoms with Crippen LogP contribution in [0.4, 0.5) is 5.69 Å². The van der Waals surface area contributed by atoms with Crippen LogP contribution in [-0.2, 0) is 11.3 Å². The van der Waals surface area contributed by atoms with Gasteiger partial charge in [-0.25, -0.2) is 0 Å². The quantitative estimate of drug-likeness (QED) is 0.913. The maximum absolute atomic E-state index is 5.40. The molecule has 1 N–H and O–H groups in total. The van der Waals surface area contributed by atoms with E-state index in [1.165, 1.54) is 37.2 Å². The molecule has 116 valence electrons. The van der Waals surface area contributed by atoms with Crippen molar-refractivity contribution >= 4 is 5.69 Å². The molecule has 0 amide bonds. The zero-order valence-corrected chi connectivity index (χ0v) is 13.1. The van der Waals surface area contributed by atoms with E-state index in [4.69, 9.17) is 4.74 Å². The van der Waals surface area contributed by atoms with Crippen LogP contribution in [0, 0.1) is 0 Å². The maximum atomic E-state index is 5.40. The average molecular weight is 289 g/mol. The van der Waals surface area contributed by atoms with Crippen molar-refractivity contribution in [2.24, 2.45) is 0 Å². The Kier molecular flexibility index (Phi) is 5.12. The lowest BCUT2D eigenvalue weighted by Crippen LogP contribution is -2.43. The SMILES string of the molecule is CN1CCCC(NCc2ccc(N3CCOCC3)cc2)C1. The molecule has 21 heavy (non-hydrogen) atoms. The normalized spacial score (nSPS) is 24.2. The number of piperidine rings is 1. The molecule has 0 bridgehead atoms. The van der Waals surface area contributed by atoms with Crippen molar-refractivity contribution in [3.63, 3.8) is 0 Å². The monoisotopic (exact) mass is 289 g/mol. The zero-order valence-electron chi connectivity index (χ0n) is 13.1. The molecule has 2 aliphatic rings. The van der Waals surface area contributed by atoms with E-state index in [1.54, 1.807) is 0 Å². The molecule has 1 unspecified atom stereocenters. The molecule has 2 saturated heterocycles. The van der Waals surface area contributed by atoms with E-state index in [0.717, 1.165) is 32.8 Å². The number of likely N-dealkylation sites (tertiary alicyclic amines) is 1. The fraction of sp³-hybridized carbons (Fsp3) is 0.647. The van der Waals surface area contributed by atoms with Gasteiger partial charge in [0.1, 0.15) is 0 Å². The minimum atomic E-state index is 0.641. The standard InChI is InChI=1S/C17H27N3O/c1-19-8-2-3-16(14-19)18-13-15-4-6-17(7-5-15)20-9-11-21-12-10-20/h4-7,16,18H,2-3,8-14H2,1H3. The molecule has 1 aromatic rings. The minimum Gasteiger partial charge on any atom is -0.378 e. The van der Waals surface area contributed by atoms with E-state index in [1.807, 2.05) is 0 Å². The Balaban J connectivity index is 1.49. The molecular weight excluding hydrogens is 262 g/mol. The summed E-state index contributed by atoms with van der Waals surface area (Å²) in [6.07, 6.45) is 2.61. The molecule has 4 nitrogen and oxygen atoms in total. The van der Waals surface area contributed by atoms with Crippen molar-refractivity contribution in [2.45, 2.75) is 25.4 Å². The third-order valence-corrected chi connectivity index (χ3v) is 4.53. The van der Waals surface area contributed by atoms with Gasteiger partial charge < -0.3 is 19.9 Å². The second kappa shape index (κ2) is 7.25. The number of ether oxygens (including phenoxy) is 1. The summed E-state index contributed by atoms with van der Waals surface area (Å²) in [5.74, 6) is 0. The fourth-order valence-electron chi connectivity index (χ4n) is 3.24. The Morgan fingerprint density at radius 2 is 1.90 bits per heavy atom. The number of benzene rings is 1. The summed E-state index contributed by atoms with van der Waals surface area (Å²) in [4.78, 5) is 4.82. The molecule has 0 spiro atoms. The van der Waals surface area contributed by atoms with Crippen LogP contribution in [0.1, 0.15) is 18.4 Å². The summed E-state index contributed by atoms with van der Waals surface area (Å²) < 4.78 is 5.40. The first kappa shape index (κ1) is 14.8. The van der Waals surface area contributed by atoms with Gasteiger partial charge >= 0.3 is 0 Å². The number of nitrogens with one attached hydrogen (secondary N) is 1. The highest BCUT2D eigenvalue weighted by molar-refractivity contribution is 5.47. The topological polar surface area (TPSA) is 27.7 Å². The predicted octanol–water partition coefficient (Wildman–Crippen LogP) is 1.71. The summed E-state index contributed by atoms with van der Waals surface area (Å²) >= 11 is 0. The van der Waals surface area contributed by atoms with Crippen LogP contribution in [0.2, 0.25) is 0 Å². The molecule has 2 heterocycles. The average Bonchev–Trinajstić information content (AvgIpc) is 2.54. The van der Waals surface area contributed by atoms with Gasteiger partial charge in [-0.15, -0.1) is 0 Å². The summed E-state index contributed by atoms with van der Waals surface area (Å²) in [6, 6.07) is 9.64. The first-order chi connectivity index (χ1) is 10.3. The van der Waals surface area contributed by atoms with Gasteiger partial charge in [-0.2, -0.15) is 0 Å². The highest BCUT2D eigenvalue weighted by Crippen LogP contribution is 2.17. The lowest BCUT2D eigenvalue weighted by Gasteiger charge is -2.30. The van der Waals surface area contributed by atoms with Crippen LogP contribution in [0.25, 0.3) is 0 Å². The highest BCUT2D eigenvalue weighted by Gasteiger charge is 2.16. The van der Waals surface area contributed by atoms with Crippen molar-refractivity contribution in [3.05, 3.63) is 29.8 Å². The molecule has 0 aliphatic carbocycles. The Bertz CT molecular complexity index is 428. The third kappa shape index (κ3) is 4.19. The maximum Gasteiger partial charge on any atom is 0.0642 e. The van der Waals surface area contributed by atoms with Gasteiger partial charge in [0.05, 0.1) is 13.2 Å². The molecule has 3 rings (SSSR count). The van der Waals surface area contributed by atoms with Crippen molar-refractivity contribution in [2.75, 3.05) is 51.3 Å². The Morgan fingerprint density at radius 1 is 1.14 bits per heavy atom. The fourth-order valence-corrected chi connectivity index (χ4v) is 3.24. The second-order valence-electron chi connectivity index (χ2n) is 6.25. The van der Waals surface area contributed by atoms with E-state index >= 15 is 0 Å². The van der Waals surface area contributed by atoms with Gasteiger partial charge in [-0.05, 0) is 44.1 Å². The van der Waals surface area contributed by atoms with E-state index in [0.29, 0.717) is 6.04 Å². The minimum absolute atomic E-state index is 0.641. The molecule has 1 atom stereocenters. The Morgan fingerprint density at radius 3 is 2.62 bits per heavy atom. The summed E-state index contributed by atoms with van der Waals surface area (Å²) in [7, 11) is 2.21. The van der Waals surface area contributed by atoms with E-state index in [-0.39, 0.29) is 0 Å². The third-order valence-electron chi connectivity index (χ3n) is 4.53. The van der Waals surface area contributed by atoms with Crippen molar-refractivity contribution < 1.29 is 4.74 Å². The summed E-state index contributed by atoms with van der Waals surface area (Å²) in [5, 5.41) is 3.69. The number of likely N-dealkylation sites (N-methyl/N-ethyl adjacent to an activating group) is 1. The second-order valence-corrected chi connectivity index (χ2v) is 6.25. The van der Waals surface area contributed by atoms with Gasteiger partial charge in [0.2, 0.25) is 0 Å². The molecule has 2 fully saturated rings. The van der Waals surface area contributed by atoms with Crippen LogP contribution < -0.4 is 10.2 Å². The van der Waals surface area contributed by atoms with Gasteiger partial charge in [-0.1, -0.05) is 12.1 Å². The molecule has 2 aliphatic heterocycles. The van der Waals surface area contributed by atoms with E-state index in [2.05, 4.69) is 46.4 Å². The molecule has 0 saturated carbocycles. The van der Waals surface area contributed by atoms with Crippen molar-refractivity contribution in [1.82, 2.24) is 10.2 Å². The van der Waals surface area contributed by atoms with Crippen LogP contribution in [-0.4, -0.2) is 57.4 Å². The molecule has 0 aromatic heterocycles. The van der Waals surface area contributed by atoms with Crippen LogP contribution in [0.15, 0.2) is 24.3 Å². The van der Waals surface area contributed by atoms with Gasteiger partial charge in [-0.3, -0.25) is 0 Å². The number of hydrogen-bond donors (Lipinski definition) is 1. The Labute approximate surface area is 128 Å². The zero-order chi connectivity index (χ0) is 14.5. The lowest BCUT2D eigenvalue weighted by atomic mass is 10.1. The van der Waals surface area contributed by atoms with E-state index in [9.17, 15) is 0 Å². The van der Waals surface area contributed by atoms with Crippen LogP contribution in [0.5, 0.6) is 0 Å². The molecule has 4 heteroatoms. The molecule has 0 radical (unpaired) electrons. The first-order valence-corrected chi connectivity index (χ1v) is 8.15. The predicted molar refractivity (Wildman–Crippen MR) is 86.8 cm³/mol. The number of rotatable bonds is 4. The van der Waals surface area contributed by atoms with Crippen LogP contribution in [0.3, 0.4) is 0 Å². The molecule has 1 aromatic carbocycles. The molecular formula is C17H27N3O. The van der Waals surface area contributed by atoms with E-state index < -0.39 is 0 Å². The summed E-state index contributed by atoms with van der Waals surface area (Å²) in [6.45, 7) is 7.09. The van der Waals surface area contributed by atoms with Crippen LogP contribution >= 0.6 is 0 Å². The van der Waals surface area contributed by atoms with Crippen molar-refractivity contribution in [3.8, 4) is 0 Å². The number of morpholine rings is 1. The lowest BCUT2D eigenvalue weighted by molar-refractivity contribution is 0.122. The van der Waals surface area contributed by atoms with Gasteiger partial charge in [0.15, 0.2) is 0 Å². The number of anilines is 1. The first-order valence-electron chi connectivity index (χ1n) is 8.15. The van der Waals surface area contributed by atoms with Crippen molar-refractivity contribution in [1.29, 1.82) is 0 Å². The number of hydrogen-bond acceptors (Lipinski definition) is 4. The Hall–Kier alpha value is -1.10. The number of nitrogens with zero attached hydrogens (tertiary/aromatic N) is 2.